The number of methoxy groups -OCH3 is 1. The fourth-order valence-electron chi connectivity index (χ4n) is 4.82. The minimum absolute atomic E-state index is 0.00260. The van der Waals surface area contributed by atoms with E-state index in [9.17, 15) is 4.79 Å². The van der Waals surface area contributed by atoms with E-state index in [1.54, 1.807) is 17.9 Å². The molecular weight excluding hydrogens is 412 g/mol. The number of amides is 1. The highest BCUT2D eigenvalue weighted by Gasteiger charge is 2.32. The third kappa shape index (κ3) is 5.82. The Bertz CT molecular complexity index is 1020. The fourth-order valence-corrected chi connectivity index (χ4v) is 4.82. The summed E-state index contributed by atoms with van der Waals surface area (Å²) in [5.74, 6) is 1.34. The topological polar surface area (TPSA) is 50.6 Å². The van der Waals surface area contributed by atoms with E-state index in [0.717, 1.165) is 44.6 Å². The number of rotatable bonds is 8. The quantitative estimate of drug-likeness (QED) is 0.524. The Morgan fingerprint density at radius 2 is 1.76 bits per heavy atom. The molecule has 0 radical (unpaired) electrons. The summed E-state index contributed by atoms with van der Waals surface area (Å²) in [7, 11) is 5.48. The summed E-state index contributed by atoms with van der Waals surface area (Å²) < 4.78 is 6.96. The lowest BCUT2D eigenvalue weighted by Crippen LogP contribution is -2.47. The first-order valence-electron chi connectivity index (χ1n) is 11.7. The fraction of sp³-hybridized carbons (Fsp3) is 0.407. The zero-order chi connectivity index (χ0) is 23.2. The van der Waals surface area contributed by atoms with Crippen LogP contribution in [0.5, 0.6) is 5.75 Å². The Morgan fingerprint density at radius 3 is 2.36 bits per heavy atom. The molecule has 1 saturated heterocycles. The van der Waals surface area contributed by atoms with Crippen molar-refractivity contribution in [2.75, 3.05) is 27.2 Å². The van der Waals surface area contributed by atoms with Crippen LogP contribution in [-0.2, 0) is 20.0 Å². The van der Waals surface area contributed by atoms with Gasteiger partial charge in [-0.2, -0.15) is 5.10 Å². The molecule has 1 unspecified atom stereocenters. The van der Waals surface area contributed by atoms with E-state index in [1.807, 2.05) is 43.4 Å². The van der Waals surface area contributed by atoms with Crippen molar-refractivity contribution in [3.05, 3.63) is 83.7 Å². The number of likely N-dealkylation sites (tertiary alicyclic amines) is 1. The zero-order valence-corrected chi connectivity index (χ0v) is 19.9. The molecule has 6 nitrogen and oxygen atoms in total. The second kappa shape index (κ2) is 10.7. The maximum absolute atomic E-state index is 13.2. The van der Waals surface area contributed by atoms with Crippen LogP contribution in [-0.4, -0.2) is 58.8 Å². The first-order chi connectivity index (χ1) is 16.0. The molecule has 33 heavy (non-hydrogen) atoms. The maximum Gasteiger partial charge on any atom is 0.274 e. The van der Waals surface area contributed by atoms with Crippen LogP contribution < -0.4 is 4.74 Å². The zero-order valence-electron chi connectivity index (χ0n) is 19.9. The summed E-state index contributed by atoms with van der Waals surface area (Å²) in [6.07, 6.45) is 4.84. The average Bonchev–Trinajstić information content (AvgIpc) is 3.29. The van der Waals surface area contributed by atoms with Gasteiger partial charge in [-0.3, -0.25) is 14.4 Å². The minimum atomic E-state index is -0.00260. The molecule has 1 aliphatic heterocycles. The predicted octanol–water partition coefficient (Wildman–Crippen LogP) is 4.02. The first kappa shape index (κ1) is 23.1. The molecule has 1 fully saturated rings. The van der Waals surface area contributed by atoms with Crippen LogP contribution in [0.1, 0.15) is 34.5 Å². The molecule has 0 aliphatic carbocycles. The van der Waals surface area contributed by atoms with Crippen molar-refractivity contribution in [3.63, 3.8) is 0 Å². The van der Waals surface area contributed by atoms with Crippen molar-refractivity contribution in [3.8, 4) is 5.75 Å². The second-order valence-electron chi connectivity index (χ2n) is 9.01. The minimum Gasteiger partial charge on any atom is -0.497 e. The van der Waals surface area contributed by atoms with Crippen molar-refractivity contribution in [1.29, 1.82) is 0 Å². The second-order valence-corrected chi connectivity index (χ2v) is 9.01. The molecule has 174 valence electrons. The van der Waals surface area contributed by atoms with Crippen molar-refractivity contribution in [1.82, 2.24) is 19.6 Å². The lowest BCUT2D eigenvalue weighted by Gasteiger charge is -2.40. The Labute approximate surface area is 196 Å². The van der Waals surface area contributed by atoms with Crippen molar-refractivity contribution >= 4 is 5.91 Å². The maximum atomic E-state index is 13.2. The molecule has 1 aliphatic rings. The van der Waals surface area contributed by atoms with Crippen molar-refractivity contribution in [2.45, 2.75) is 31.8 Å². The van der Waals surface area contributed by atoms with Crippen molar-refractivity contribution in [2.24, 2.45) is 13.0 Å². The largest absolute Gasteiger partial charge is 0.497 e. The lowest BCUT2D eigenvalue weighted by molar-refractivity contribution is 0.0579. The Kier molecular flexibility index (Phi) is 7.45. The normalized spacial score (nSPS) is 15.8. The number of ether oxygens (including phenoxy) is 1. The van der Waals surface area contributed by atoms with E-state index in [1.165, 1.54) is 11.1 Å². The number of carbonyl (C=O) groups is 1. The molecule has 0 saturated carbocycles. The highest BCUT2D eigenvalue weighted by molar-refractivity contribution is 5.92. The van der Waals surface area contributed by atoms with E-state index in [-0.39, 0.29) is 11.9 Å². The summed E-state index contributed by atoms with van der Waals surface area (Å²) in [5.41, 5.74) is 3.08. The van der Waals surface area contributed by atoms with Crippen LogP contribution in [0.3, 0.4) is 0 Å². The molecule has 1 aromatic heterocycles. The number of likely N-dealkylation sites (N-methyl/N-ethyl adjacent to an activating group) is 1. The summed E-state index contributed by atoms with van der Waals surface area (Å²) in [6, 6.07) is 20.8. The van der Waals surface area contributed by atoms with E-state index >= 15 is 0 Å². The number of aromatic nitrogens is 2. The number of aryl methyl sites for hydroxylation is 1. The van der Waals surface area contributed by atoms with E-state index in [0.29, 0.717) is 11.6 Å². The number of hydrogen-bond acceptors (Lipinski definition) is 4. The van der Waals surface area contributed by atoms with Gasteiger partial charge < -0.3 is 9.64 Å². The standard InChI is InChI=1S/C27H34N4O2/c1-29-16-15-25(28-29)27(32)30(2)26(19-21-7-5-4-6-8-21)23-13-17-31(18-14-23)20-22-9-11-24(33-3)12-10-22/h4-12,15-16,23,26H,13-14,17-20H2,1-3H3. The highest BCUT2D eigenvalue weighted by Crippen LogP contribution is 2.28. The first-order valence-corrected chi connectivity index (χ1v) is 11.7. The van der Waals surface area contributed by atoms with Gasteiger partial charge in [-0.15, -0.1) is 0 Å². The van der Waals surface area contributed by atoms with Crippen molar-refractivity contribution < 1.29 is 9.53 Å². The molecule has 4 rings (SSSR count). The average molecular weight is 447 g/mol. The molecule has 6 heteroatoms. The van der Waals surface area contributed by atoms with Gasteiger partial charge in [-0.1, -0.05) is 42.5 Å². The smallest absolute Gasteiger partial charge is 0.274 e. The number of hydrogen-bond donors (Lipinski definition) is 0. The van der Waals surface area contributed by atoms with Gasteiger partial charge in [-0.05, 0) is 67.6 Å². The van der Waals surface area contributed by atoms with Gasteiger partial charge in [0.1, 0.15) is 11.4 Å². The molecule has 1 amide bonds. The molecule has 2 heterocycles. The molecule has 3 aromatic rings. The van der Waals surface area contributed by atoms with Gasteiger partial charge in [0.25, 0.3) is 5.91 Å². The van der Waals surface area contributed by atoms with E-state index in [2.05, 4.69) is 46.4 Å². The number of nitrogens with zero attached hydrogens (tertiary/aromatic N) is 4. The summed E-state index contributed by atoms with van der Waals surface area (Å²) >= 11 is 0. The highest BCUT2D eigenvalue weighted by atomic mass is 16.5. The molecule has 2 aromatic carbocycles. The van der Waals surface area contributed by atoms with Gasteiger partial charge in [0.15, 0.2) is 0 Å². The van der Waals surface area contributed by atoms with Crippen LogP contribution in [0.15, 0.2) is 66.9 Å². The SMILES string of the molecule is COc1ccc(CN2CCC(C(Cc3ccccc3)N(C)C(=O)c3ccn(C)n3)CC2)cc1. The van der Waals surface area contributed by atoms with Crippen LogP contribution in [0.25, 0.3) is 0 Å². The van der Waals surface area contributed by atoms with Crippen LogP contribution in [0, 0.1) is 5.92 Å². The van der Waals surface area contributed by atoms with Gasteiger partial charge >= 0.3 is 0 Å². The molecule has 0 bridgehead atoms. The number of piperidine rings is 1. The third-order valence-corrected chi connectivity index (χ3v) is 6.78. The Hall–Kier alpha value is -3.12. The van der Waals surface area contributed by atoms with Gasteiger partial charge in [-0.25, -0.2) is 0 Å². The Balaban J connectivity index is 1.43. The summed E-state index contributed by atoms with van der Waals surface area (Å²) in [4.78, 5) is 17.7. The Morgan fingerprint density at radius 1 is 1.06 bits per heavy atom. The third-order valence-electron chi connectivity index (χ3n) is 6.78. The number of benzene rings is 2. The summed E-state index contributed by atoms with van der Waals surface area (Å²) in [5, 5.41) is 4.35. The summed E-state index contributed by atoms with van der Waals surface area (Å²) in [6.45, 7) is 3.02. The van der Waals surface area contributed by atoms with Gasteiger partial charge in [0.05, 0.1) is 7.11 Å². The molecule has 1 atom stereocenters. The lowest BCUT2D eigenvalue weighted by atomic mass is 9.84. The van der Waals surface area contributed by atoms with E-state index in [4.69, 9.17) is 4.74 Å². The predicted molar refractivity (Wildman–Crippen MR) is 130 cm³/mol. The van der Waals surface area contributed by atoms with Crippen LogP contribution in [0.4, 0.5) is 0 Å². The van der Waals surface area contributed by atoms with Crippen LogP contribution >= 0.6 is 0 Å². The molecular formula is C27H34N4O2. The number of carbonyl (C=O) groups excluding carboxylic acids is 1. The monoisotopic (exact) mass is 446 g/mol. The van der Waals surface area contributed by atoms with E-state index < -0.39 is 0 Å². The van der Waals surface area contributed by atoms with Gasteiger partial charge in [0.2, 0.25) is 0 Å². The van der Waals surface area contributed by atoms with Crippen LogP contribution in [0.2, 0.25) is 0 Å². The molecule has 0 spiro atoms. The van der Waals surface area contributed by atoms with Gasteiger partial charge in [0, 0.05) is 32.9 Å². The molecule has 0 N–H and O–H groups in total.